The number of imide groups is 1. The molecule has 2 aromatic carbocycles. The standard InChI is InChI=1S/C24H24N2O6/c1-3-13-32-15-19(24(30)31-2)25-21(27)20(14-16-9-5-4-6-10-16)26-22(28)17-11-7-8-12-18(17)23(26)29/h3-13,19-20H,14-15H2,1-2H3,(H,25,27)/t19-,20?/m0/s1. The molecule has 1 aliphatic rings. The molecule has 0 aromatic heterocycles. The number of carbonyl (C=O) groups is 4. The van der Waals surface area contributed by atoms with E-state index in [2.05, 4.69) is 5.32 Å². The number of benzene rings is 2. The molecule has 0 fully saturated rings. The summed E-state index contributed by atoms with van der Waals surface area (Å²) in [7, 11) is 1.20. The summed E-state index contributed by atoms with van der Waals surface area (Å²) in [5.41, 5.74) is 1.23. The van der Waals surface area contributed by atoms with Crippen molar-refractivity contribution in [3.63, 3.8) is 0 Å². The van der Waals surface area contributed by atoms with Gasteiger partial charge in [-0.1, -0.05) is 48.5 Å². The van der Waals surface area contributed by atoms with E-state index in [0.29, 0.717) is 0 Å². The molecular weight excluding hydrogens is 412 g/mol. The van der Waals surface area contributed by atoms with Crippen molar-refractivity contribution in [2.24, 2.45) is 0 Å². The Labute approximate surface area is 185 Å². The van der Waals surface area contributed by atoms with Crippen molar-refractivity contribution in [2.75, 3.05) is 13.7 Å². The number of ether oxygens (including phenoxy) is 2. The highest BCUT2D eigenvalue weighted by molar-refractivity contribution is 6.22. The number of nitrogens with zero attached hydrogens (tertiary/aromatic N) is 1. The molecule has 1 unspecified atom stereocenters. The average molecular weight is 436 g/mol. The zero-order chi connectivity index (χ0) is 23.1. The van der Waals surface area contributed by atoms with Crippen molar-refractivity contribution in [2.45, 2.75) is 25.4 Å². The Balaban J connectivity index is 1.90. The van der Waals surface area contributed by atoms with Crippen molar-refractivity contribution >= 4 is 23.7 Å². The molecule has 0 spiro atoms. The van der Waals surface area contributed by atoms with Crippen LogP contribution in [0.4, 0.5) is 0 Å². The van der Waals surface area contributed by atoms with Crippen LogP contribution in [-0.2, 0) is 25.5 Å². The SMILES string of the molecule is CC=COC[C@H](NC(=O)C(Cc1ccccc1)N1C(=O)c2ccccc2C1=O)C(=O)OC. The van der Waals surface area contributed by atoms with Gasteiger partial charge in [0.1, 0.15) is 12.6 Å². The molecule has 0 bridgehead atoms. The molecule has 3 rings (SSSR count). The van der Waals surface area contributed by atoms with Crippen molar-refractivity contribution in [1.82, 2.24) is 10.2 Å². The molecule has 8 nitrogen and oxygen atoms in total. The fourth-order valence-corrected chi connectivity index (χ4v) is 3.46. The lowest BCUT2D eigenvalue weighted by molar-refractivity contribution is -0.146. The number of methoxy groups -OCH3 is 1. The van der Waals surface area contributed by atoms with E-state index < -0.39 is 35.8 Å². The summed E-state index contributed by atoms with van der Waals surface area (Å²) in [5, 5.41) is 2.57. The summed E-state index contributed by atoms with van der Waals surface area (Å²) in [5.74, 6) is -2.48. The topological polar surface area (TPSA) is 102 Å². The van der Waals surface area contributed by atoms with Gasteiger partial charge >= 0.3 is 5.97 Å². The predicted molar refractivity (Wildman–Crippen MR) is 116 cm³/mol. The number of hydrogen-bond donors (Lipinski definition) is 1. The smallest absolute Gasteiger partial charge is 0.331 e. The van der Waals surface area contributed by atoms with Gasteiger partial charge in [0.25, 0.3) is 11.8 Å². The van der Waals surface area contributed by atoms with E-state index in [-0.39, 0.29) is 24.2 Å². The Morgan fingerprint density at radius 2 is 1.59 bits per heavy atom. The summed E-state index contributed by atoms with van der Waals surface area (Å²) in [4.78, 5) is 52.5. The predicted octanol–water partition coefficient (Wildman–Crippen LogP) is 2.10. The van der Waals surface area contributed by atoms with Crippen molar-refractivity contribution < 1.29 is 28.7 Å². The van der Waals surface area contributed by atoms with Gasteiger partial charge in [0, 0.05) is 6.42 Å². The first kappa shape index (κ1) is 22.7. The molecule has 0 saturated carbocycles. The van der Waals surface area contributed by atoms with Gasteiger partial charge in [-0.25, -0.2) is 4.79 Å². The van der Waals surface area contributed by atoms with Gasteiger partial charge in [0.2, 0.25) is 5.91 Å². The molecule has 0 radical (unpaired) electrons. The maximum Gasteiger partial charge on any atom is 0.331 e. The minimum Gasteiger partial charge on any atom is -0.499 e. The molecule has 166 valence electrons. The van der Waals surface area contributed by atoms with Crippen LogP contribution in [0.2, 0.25) is 0 Å². The summed E-state index contributed by atoms with van der Waals surface area (Å²) in [6.07, 6.45) is 3.10. The number of allylic oxidation sites excluding steroid dienone is 1. The number of rotatable bonds is 9. The number of carbonyl (C=O) groups excluding carboxylic acids is 4. The van der Waals surface area contributed by atoms with Gasteiger partial charge in [-0.15, -0.1) is 0 Å². The molecule has 1 N–H and O–H groups in total. The van der Waals surface area contributed by atoms with E-state index in [9.17, 15) is 19.2 Å². The molecule has 1 aliphatic heterocycles. The minimum absolute atomic E-state index is 0.0851. The van der Waals surface area contributed by atoms with Crippen LogP contribution < -0.4 is 5.32 Å². The van der Waals surface area contributed by atoms with E-state index in [1.165, 1.54) is 13.4 Å². The van der Waals surface area contributed by atoms with Crippen LogP contribution >= 0.6 is 0 Å². The Kier molecular flexibility index (Phi) is 7.38. The normalized spacial score (nSPS) is 14.8. The number of esters is 1. The van der Waals surface area contributed by atoms with Gasteiger partial charge in [-0.05, 0) is 24.6 Å². The molecule has 0 saturated heterocycles. The van der Waals surface area contributed by atoms with E-state index in [1.807, 2.05) is 6.07 Å². The summed E-state index contributed by atoms with van der Waals surface area (Å²) < 4.78 is 10.00. The quantitative estimate of drug-likeness (QED) is 0.367. The van der Waals surface area contributed by atoms with Crippen LogP contribution in [0, 0.1) is 0 Å². The number of nitrogens with one attached hydrogen (secondary N) is 1. The molecule has 0 aliphatic carbocycles. The van der Waals surface area contributed by atoms with Crippen molar-refractivity contribution in [3.05, 3.63) is 83.6 Å². The second kappa shape index (κ2) is 10.4. The Bertz CT molecular complexity index is 999. The van der Waals surface area contributed by atoms with Crippen LogP contribution in [0.3, 0.4) is 0 Å². The second-order valence-electron chi connectivity index (χ2n) is 7.12. The van der Waals surface area contributed by atoms with Gasteiger partial charge in [0.15, 0.2) is 6.04 Å². The molecule has 3 amide bonds. The number of fused-ring (bicyclic) bond motifs is 1. The monoisotopic (exact) mass is 436 g/mol. The Hall–Kier alpha value is -3.94. The first-order valence-corrected chi connectivity index (χ1v) is 10.1. The minimum atomic E-state index is -1.17. The van der Waals surface area contributed by atoms with E-state index in [1.54, 1.807) is 61.5 Å². The Morgan fingerprint density at radius 3 is 2.16 bits per heavy atom. The molecule has 1 heterocycles. The first-order chi connectivity index (χ1) is 15.5. The van der Waals surface area contributed by atoms with Crippen LogP contribution in [0.25, 0.3) is 0 Å². The molecular formula is C24H24N2O6. The maximum absolute atomic E-state index is 13.3. The van der Waals surface area contributed by atoms with Crippen LogP contribution in [0.15, 0.2) is 66.9 Å². The van der Waals surface area contributed by atoms with Crippen molar-refractivity contribution in [3.8, 4) is 0 Å². The number of hydrogen-bond acceptors (Lipinski definition) is 6. The van der Waals surface area contributed by atoms with Gasteiger partial charge in [0.05, 0.1) is 24.5 Å². The maximum atomic E-state index is 13.3. The molecule has 32 heavy (non-hydrogen) atoms. The second-order valence-corrected chi connectivity index (χ2v) is 7.12. The van der Waals surface area contributed by atoms with Gasteiger partial charge < -0.3 is 14.8 Å². The zero-order valence-electron chi connectivity index (χ0n) is 17.8. The van der Waals surface area contributed by atoms with E-state index in [4.69, 9.17) is 9.47 Å². The fraction of sp³-hybridized carbons (Fsp3) is 0.250. The third kappa shape index (κ3) is 4.85. The number of amides is 3. The van der Waals surface area contributed by atoms with Crippen molar-refractivity contribution in [1.29, 1.82) is 0 Å². The largest absolute Gasteiger partial charge is 0.499 e. The van der Waals surface area contributed by atoms with E-state index >= 15 is 0 Å². The molecule has 8 heteroatoms. The third-order valence-corrected chi connectivity index (χ3v) is 5.01. The lowest BCUT2D eigenvalue weighted by Crippen LogP contribution is -2.55. The summed E-state index contributed by atoms with van der Waals surface area (Å²) in [6.45, 7) is 1.58. The highest BCUT2D eigenvalue weighted by Gasteiger charge is 2.43. The summed E-state index contributed by atoms with van der Waals surface area (Å²) >= 11 is 0. The highest BCUT2D eigenvalue weighted by atomic mass is 16.5. The highest BCUT2D eigenvalue weighted by Crippen LogP contribution is 2.26. The van der Waals surface area contributed by atoms with Gasteiger partial charge in [-0.2, -0.15) is 0 Å². The Morgan fingerprint density at radius 1 is 1.00 bits per heavy atom. The van der Waals surface area contributed by atoms with Crippen LogP contribution in [-0.4, -0.2) is 54.4 Å². The third-order valence-electron chi connectivity index (χ3n) is 5.01. The molecule has 2 aromatic rings. The van der Waals surface area contributed by atoms with Gasteiger partial charge in [-0.3, -0.25) is 19.3 Å². The first-order valence-electron chi connectivity index (χ1n) is 10.1. The van der Waals surface area contributed by atoms with Crippen LogP contribution in [0.1, 0.15) is 33.2 Å². The molecule has 2 atom stereocenters. The summed E-state index contributed by atoms with van der Waals surface area (Å²) in [6, 6.07) is 13.2. The average Bonchev–Trinajstić information content (AvgIpc) is 3.07. The lowest BCUT2D eigenvalue weighted by Gasteiger charge is -2.27. The van der Waals surface area contributed by atoms with E-state index in [0.717, 1.165) is 10.5 Å². The zero-order valence-corrected chi connectivity index (χ0v) is 17.8. The fourth-order valence-electron chi connectivity index (χ4n) is 3.46. The van der Waals surface area contributed by atoms with Crippen LogP contribution in [0.5, 0.6) is 0 Å². The lowest BCUT2D eigenvalue weighted by atomic mass is 10.0.